The zero-order valence-electron chi connectivity index (χ0n) is 38.5. The summed E-state index contributed by atoms with van der Waals surface area (Å²) in [6.45, 7) is -1.44. The fourth-order valence-corrected chi connectivity index (χ4v) is 7.82. The third kappa shape index (κ3) is 10.9. The number of aliphatic hydroxyl groups is 7. The lowest BCUT2D eigenvalue weighted by atomic mass is 9.89. The highest BCUT2D eigenvalue weighted by Gasteiger charge is 2.47. The van der Waals surface area contributed by atoms with Gasteiger partial charge in [-0.1, -0.05) is 0 Å². The lowest BCUT2D eigenvalue weighted by Gasteiger charge is -2.40. The molecule has 10 atom stereocenters. The molecule has 2 aliphatic rings. The molecule has 23 heteroatoms. The molecule has 0 unspecified atom stereocenters. The van der Waals surface area contributed by atoms with E-state index in [0.717, 1.165) is 24.3 Å². The second kappa shape index (κ2) is 22.3. The largest absolute Gasteiger partial charge is 0.506 e. The zero-order chi connectivity index (χ0) is 52.1. The molecule has 0 radical (unpaired) electrons. The predicted molar refractivity (Wildman–Crippen MR) is 247 cm³/mol. The molecule has 23 nitrogen and oxygen atoms in total. The number of aliphatic hydroxyl groups excluding tert-OH is 7. The van der Waals surface area contributed by atoms with Crippen molar-refractivity contribution < 1.29 is 108 Å². The molecule has 1 aromatic heterocycles. The number of aromatic hydroxyl groups is 3. The maximum absolute atomic E-state index is 13.8. The number of hydrogen-bond acceptors (Lipinski definition) is 23. The van der Waals surface area contributed by atoms with Gasteiger partial charge in [0.2, 0.25) is 17.8 Å². The standard InChI is InChI=1S/C49H50O23/c1-63-29-13-21(14-30(64-2)39(29)54)5-11-35(52)67-20-34-42(57)45(60)47(62)49(72-34)68-24-9-7-23(8-10-24)26-17-25(51)37-27(69-26)18-28(38(43(37)58)48-46(61)44(59)41(56)33(19-50)71-48)70-36(53)12-6-22-15-31(65-3)40(55)32(16-22)66-4/h5-18,33-34,41-42,44-50,54-62H,19-20H2,1-4H3/b11-5+,12-6+/t33-,34-,41-,42-,44+,45+,46-,47-,48+,49-/m1/s1. The van der Waals surface area contributed by atoms with Crippen LogP contribution in [-0.4, -0.2) is 160 Å². The van der Waals surface area contributed by atoms with Gasteiger partial charge in [0, 0.05) is 29.8 Å². The van der Waals surface area contributed by atoms with Crippen molar-refractivity contribution in [1.29, 1.82) is 0 Å². The Kier molecular flexibility index (Phi) is 16.2. The second-order valence-corrected chi connectivity index (χ2v) is 16.2. The Balaban J connectivity index is 1.12. The molecule has 0 saturated carbocycles. The maximum Gasteiger partial charge on any atom is 0.336 e. The first-order valence-electron chi connectivity index (χ1n) is 21.7. The summed E-state index contributed by atoms with van der Waals surface area (Å²) in [5.41, 5.74) is -0.765. The summed E-state index contributed by atoms with van der Waals surface area (Å²) in [6.07, 6.45) is -12.7. The summed E-state index contributed by atoms with van der Waals surface area (Å²) in [7, 11) is 5.27. The second-order valence-electron chi connectivity index (χ2n) is 16.2. The smallest absolute Gasteiger partial charge is 0.336 e. The molecule has 3 heterocycles. The maximum atomic E-state index is 13.8. The Morgan fingerprint density at radius 2 is 1.14 bits per heavy atom. The normalized spacial score (nSPS) is 24.3. The fraction of sp³-hybridized carbons (Fsp3) is 0.327. The van der Waals surface area contributed by atoms with E-state index in [9.17, 15) is 65.4 Å². The number of phenolic OH excluding ortho intramolecular Hbond substituents is 3. The van der Waals surface area contributed by atoms with Crippen LogP contribution in [-0.2, 0) is 23.8 Å². The Bertz CT molecular complexity index is 2840. The average Bonchev–Trinajstić information content (AvgIpc) is 3.37. The van der Waals surface area contributed by atoms with Gasteiger partial charge in [0.15, 0.2) is 28.4 Å². The van der Waals surface area contributed by atoms with Crippen LogP contribution in [0.5, 0.6) is 51.7 Å². The Labute approximate surface area is 407 Å². The van der Waals surface area contributed by atoms with Gasteiger partial charge in [0.05, 0.1) is 40.6 Å². The topological polar surface area (TPSA) is 350 Å². The molecular formula is C49H50O23. The first kappa shape index (κ1) is 52.4. The molecule has 2 fully saturated rings. The molecule has 0 spiro atoms. The summed E-state index contributed by atoms with van der Waals surface area (Å²) in [5, 5.41) is 106. The summed E-state index contributed by atoms with van der Waals surface area (Å²) >= 11 is 0. The molecule has 0 bridgehead atoms. The Morgan fingerprint density at radius 3 is 1.68 bits per heavy atom. The summed E-state index contributed by atoms with van der Waals surface area (Å²) in [5.74, 6) is -3.80. The number of phenols is 3. The summed E-state index contributed by atoms with van der Waals surface area (Å²) in [4.78, 5) is 39.8. The van der Waals surface area contributed by atoms with Crippen LogP contribution in [0.25, 0.3) is 34.4 Å². The highest BCUT2D eigenvalue weighted by atomic mass is 16.7. The molecule has 2 aliphatic heterocycles. The van der Waals surface area contributed by atoms with Crippen LogP contribution in [0.15, 0.2) is 82.0 Å². The molecule has 10 N–H and O–H groups in total. The van der Waals surface area contributed by atoms with E-state index in [1.54, 1.807) is 0 Å². The van der Waals surface area contributed by atoms with E-state index in [4.69, 9.17) is 47.0 Å². The Morgan fingerprint density at radius 1 is 0.611 bits per heavy atom. The number of fused-ring (bicyclic) bond motifs is 1. The van der Waals surface area contributed by atoms with Gasteiger partial charge in [-0.15, -0.1) is 0 Å². The Hall–Kier alpha value is -7.45. The number of esters is 2. The van der Waals surface area contributed by atoms with E-state index in [1.165, 1.54) is 89.1 Å². The minimum absolute atomic E-state index is 0.0196. The van der Waals surface area contributed by atoms with Crippen LogP contribution >= 0.6 is 0 Å². The van der Waals surface area contributed by atoms with Crippen molar-refractivity contribution in [3.8, 4) is 63.1 Å². The molecule has 0 aliphatic carbocycles. The van der Waals surface area contributed by atoms with E-state index >= 15 is 0 Å². The van der Waals surface area contributed by atoms with Crippen molar-refractivity contribution in [2.75, 3.05) is 41.7 Å². The van der Waals surface area contributed by atoms with Crippen LogP contribution < -0.4 is 33.8 Å². The molecule has 5 aromatic rings. The number of methoxy groups -OCH3 is 4. The molecule has 384 valence electrons. The minimum atomic E-state index is -2.00. The van der Waals surface area contributed by atoms with E-state index in [1.807, 2.05) is 0 Å². The van der Waals surface area contributed by atoms with Gasteiger partial charge >= 0.3 is 11.9 Å². The van der Waals surface area contributed by atoms with Crippen molar-refractivity contribution >= 4 is 35.1 Å². The van der Waals surface area contributed by atoms with Gasteiger partial charge in [-0.3, -0.25) is 4.79 Å². The van der Waals surface area contributed by atoms with Gasteiger partial charge in [-0.2, -0.15) is 0 Å². The summed E-state index contributed by atoms with van der Waals surface area (Å²) < 4.78 is 54.6. The lowest BCUT2D eigenvalue weighted by molar-refractivity contribution is -0.278. The third-order valence-electron chi connectivity index (χ3n) is 11.7. The average molecular weight is 1010 g/mol. The van der Waals surface area contributed by atoms with Gasteiger partial charge in [-0.05, 0) is 71.8 Å². The highest BCUT2D eigenvalue weighted by Crippen LogP contribution is 2.46. The van der Waals surface area contributed by atoms with Crippen molar-refractivity contribution in [2.24, 2.45) is 0 Å². The SMILES string of the molecule is COc1cc(/C=C/C(=O)OC[C@H]2O[C@@H](Oc3ccc(-c4cc(=O)c5c(O)c([C@@H]6O[C@H](CO)[C@@H](O)[C@H](O)[C@H]6O)c(OC(=O)/C=C/c6cc(OC)c(O)c(OC)c6)cc5o4)cc3)[C@H](O)[C@@H](O)[C@@H]2O)cc(OC)c1O. The first-order valence-corrected chi connectivity index (χ1v) is 21.7. The number of carbonyl (C=O) groups is 2. The van der Waals surface area contributed by atoms with Gasteiger partial charge in [-0.25, -0.2) is 9.59 Å². The molecule has 72 heavy (non-hydrogen) atoms. The van der Waals surface area contributed by atoms with Crippen molar-refractivity contribution in [3.05, 3.63) is 99.7 Å². The predicted octanol–water partition coefficient (Wildman–Crippen LogP) is 1.19. The van der Waals surface area contributed by atoms with Crippen molar-refractivity contribution in [1.82, 2.24) is 0 Å². The van der Waals surface area contributed by atoms with Crippen molar-refractivity contribution in [2.45, 2.75) is 61.2 Å². The monoisotopic (exact) mass is 1010 g/mol. The van der Waals surface area contributed by atoms with Crippen LogP contribution in [0.1, 0.15) is 22.8 Å². The molecule has 0 amide bonds. The number of ether oxygens (including phenoxy) is 9. The van der Waals surface area contributed by atoms with E-state index in [0.29, 0.717) is 11.1 Å². The highest BCUT2D eigenvalue weighted by molar-refractivity contribution is 5.93. The third-order valence-corrected chi connectivity index (χ3v) is 11.7. The van der Waals surface area contributed by atoms with Crippen LogP contribution in [0.3, 0.4) is 0 Å². The van der Waals surface area contributed by atoms with E-state index < -0.39 is 114 Å². The van der Waals surface area contributed by atoms with Gasteiger partial charge < -0.3 is 98.1 Å². The first-order chi connectivity index (χ1) is 34.4. The molecule has 7 rings (SSSR count). The summed E-state index contributed by atoms with van der Waals surface area (Å²) in [6, 6.07) is 13.3. The fourth-order valence-electron chi connectivity index (χ4n) is 7.82. The van der Waals surface area contributed by atoms with Crippen LogP contribution in [0, 0.1) is 0 Å². The number of benzene rings is 4. The number of rotatable bonds is 16. The van der Waals surface area contributed by atoms with E-state index in [2.05, 4.69) is 0 Å². The van der Waals surface area contributed by atoms with Crippen LogP contribution in [0.2, 0.25) is 0 Å². The zero-order valence-corrected chi connectivity index (χ0v) is 38.5. The van der Waals surface area contributed by atoms with Gasteiger partial charge in [0.1, 0.15) is 95.5 Å². The molecular weight excluding hydrogens is 957 g/mol. The number of carbonyl (C=O) groups excluding carboxylic acids is 2. The quantitative estimate of drug-likeness (QED) is 0.0377. The lowest BCUT2D eigenvalue weighted by Crippen LogP contribution is -2.60. The van der Waals surface area contributed by atoms with Gasteiger partial charge in [0.25, 0.3) is 0 Å². The van der Waals surface area contributed by atoms with Crippen molar-refractivity contribution in [3.63, 3.8) is 0 Å². The van der Waals surface area contributed by atoms with E-state index in [-0.39, 0.29) is 57.2 Å². The number of hydrogen-bond donors (Lipinski definition) is 10. The minimum Gasteiger partial charge on any atom is -0.506 e. The molecule has 4 aromatic carbocycles. The van der Waals surface area contributed by atoms with Crippen LogP contribution in [0.4, 0.5) is 0 Å². The molecule has 2 saturated heterocycles.